The molecule has 2 aliphatic rings. The van der Waals surface area contributed by atoms with Crippen LogP contribution in [0.15, 0.2) is 53.3 Å². The summed E-state index contributed by atoms with van der Waals surface area (Å²) in [6, 6.07) is 6.24. The van der Waals surface area contributed by atoms with Crippen LogP contribution in [0, 0.1) is 5.92 Å². The summed E-state index contributed by atoms with van der Waals surface area (Å²) in [5, 5.41) is 2.60. The van der Waals surface area contributed by atoms with Gasteiger partial charge in [0.05, 0.1) is 11.9 Å². The molecule has 1 N–H and O–H groups in total. The predicted molar refractivity (Wildman–Crippen MR) is 103 cm³/mol. The molecule has 31 heavy (non-hydrogen) atoms. The zero-order valence-electron chi connectivity index (χ0n) is 16.3. The molecule has 0 unspecified atom stereocenters. The van der Waals surface area contributed by atoms with E-state index >= 15 is 0 Å². The standard InChI is InChI=1S/C21H17F2N5O3/c1-28-17-15(24-7-8-25-17)12-9-13(12)16(20(28)30)27-18(29)19-26-10-14(31-19)21(22,23)11-5-3-2-4-6-11/h2-8,10,12-13,16H,9H2,1H3,(H,27,29)/t12-,13+,16+/m1/s1. The second-order valence-corrected chi connectivity index (χ2v) is 7.59. The molecule has 2 amide bonds. The number of alkyl halides is 2. The lowest BCUT2D eigenvalue weighted by molar-refractivity contribution is -0.120. The number of carbonyl (C=O) groups excluding carboxylic acids is 2. The molecule has 10 heteroatoms. The van der Waals surface area contributed by atoms with Gasteiger partial charge in [-0.1, -0.05) is 30.3 Å². The zero-order chi connectivity index (χ0) is 21.8. The summed E-state index contributed by atoms with van der Waals surface area (Å²) >= 11 is 0. The number of oxazole rings is 1. The molecule has 8 nitrogen and oxygen atoms in total. The molecule has 1 aromatic carbocycles. The molecular formula is C21H17F2N5O3. The number of nitrogens with zero attached hydrogens (tertiary/aromatic N) is 4. The molecule has 0 spiro atoms. The van der Waals surface area contributed by atoms with Gasteiger partial charge in [-0.25, -0.2) is 9.97 Å². The van der Waals surface area contributed by atoms with Crippen LogP contribution in [-0.2, 0) is 10.7 Å². The second kappa shape index (κ2) is 6.93. The first-order valence-electron chi connectivity index (χ1n) is 9.67. The van der Waals surface area contributed by atoms with Gasteiger partial charge in [-0.3, -0.25) is 19.5 Å². The number of hydrogen-bond acceptors (Lipinski definition) is 6. The van der Waals surface area contributed by atoms with E-state index < -0.39 is 29.5 Å². The monoisotopic (exact) mass is 425 g/mol. The smallest absolute Gasteiger partial charge is 0.331 e. The van der Waals surface area contributed by atoms with Crippen LogP contribution in [0.2, 0.25) is 0 Å². The Morgan fingerprint density at radius 2 is 1.94 bits per heavy atom. The number of benzene rings is 1. The lowest BCUT2D eigenvalue weighted by Gasteiger charge is -2.22. The van der Waals surface area contributed by atoms with Crippen molar-refractivity contribution in [1.82, 2.24) is 20.3 Å². The number of hydrogen-bond donors (Lipinski definition) is 1. The highest BCUT2D eigenvalue weighted by Gasteiger charge is 2.53. The average molecular weight is 425 g/mol. The number of likely N-dealkylation sites (N-methyl/N-ethyl adjacent to an activating group) is 1. The number of rotatable bonds is 4. The first-order valence-corrected chi connectivity index (χ1v) is 9.67. The van der Waals surface area contributed by atoms with E-state index in [1.807, 2.05) is 0 Å². The number of carbonyl (C=O) groups is 2. The van der Waals surface area contributed by atoms with Crippen molar-refractivity contribution < 1.29 is 22.8 Å². The van der Waals surface area contributed by atoms with Crippen LogP contribution < -0.4 is 10.2 Å². The summed E-state index contributed by atoms with van der Waals surface area (Å²) in [5.74, 6) is -5.64. The Bertz CT molecular complexity index is 1170. The van der Waals surface area contributed by atoms with Crippen molar-refractivity contribution in [2.75, 3.05) is 11.9 Å². The molecule has 3 heterocycles. The topological polar surface area (TPSA) is 101 Å². The molecule has 3 atom stereocenters. The van der Waals surface area contributed by atoms with E-state index in [0.717, 1.165) is 6.20 Å². The molecule has 1 fully saturated rings. The van der Waals surface area contributed by atoms with Crippen molar-refractivity contribution in [2.24, 2.45) is 5.92 Å². The van der Waals surface area contributed by atoms with Crippen LogP contribution >= 0.6 is 0 Å². The van der Waals surface area contributed by atoms with Crippen molar-refractivity contribution in [2.45, 2.75) is 24.3 Å². The zero-order valence-corrected chi connectivity index (χ0v) is 16.3. The minimum absolute atomic E-state index is 0.00886. The maximum absolute atomic E-state index is 14.7. The molecule has 3 aromatic rings. The second-order valence-electron chi connectivity index (χ2n) is 7.59. The summed E-state index contributed by atoms with van der Waals surface area (Å²) in [7, 11) is 1.56. The molecule has 1 aliphatic heterocycles. The Morgan fingerprint density at radius 1 is 1.19 bits per heavy atom. The Labute approximate surface area is 175 Å². The van der Waals surface area contributed by atoms with Crippen LogP contribution in [0.5, 0.6) is 0 Å². The van der Waals surface area contributed by atoms with Gasteiger partial charge in [-0.05, 0) is 12.3 Å². The van der Waals surface area contributed by atoms with Crippen molar-refractivity contribution in [3.63, 3.8) is 0 Å². The van der Waals surface area contributed by atoms with E-state index in [1.54, 1.807) is 19.3 Å². The fourth-order valence-electron chi connectivity index (χ4n) is 3.94. The number of fused-ring (bicyclic) bond motifs is 3. The molecule has 0 saturated heterocycles. The summed E-state index contributed by atoms with van der Waals surface area (Å²) in [5.41, 5.74) is 0.429. The lowest BCUT2D eigenvalue weighted by atomic mass is 10.1. The predicted octanol–water partition coefficient (Wildman–Crippen LogP) is 2.48. The Morgan fingerprint density at radius 3 is 2.71 bits per heavy atom. The van der Waals surface area contributed by atoms with Crippen LogP contribution in [0.3, 0.4) is 0 Å². The quantitative estimate of drug-likeness (QED) is 0.689. The molecule has 1 aliphatic carbocycles. The number of amides is 2. The molecule has 158 valence electrons. The van der Waals surface area contributed by atoms with E-state index in [2.05, 4.69) is 20.3 Å². The van der Waals surface area contributed by atoms with Crippen molar-refractivity contribution in [1.29, 1.82) is 0 Å². The molecule has 1 saturated carbocycles. The number of halogens is 2. The number of aromatic nitrogens is 3. The normalized spacial score (nSPS) is 22.4. The van der Waals surface area contributed by atoms with Gasteiger partial charge in [0.25, 0.3) is 11.8 Å². The summed E-state index contributed by atoms with van der Waals surface area (Å²) in [6.07, 6.45) is 4.55. The van der Waals surface area contributed by atoms with Crippen LogP contribution in [0.1, 0.15) is 40.0 Å². The fraction of sp³-hybridized carbons (Fsp3) is 0.286. The highest BCUT2D eigenvalue weighted by Crippen LogP contribution is 2.53. The van der Waals surface area contributed by atoms with E-state index in [-0.39, 0.29) is 23.3 Å². The Hall–Kier alpha value is -3.69. The molecule has 5 rings (SSSR count). The maximum Gasteiger partial charge on any atom is 0.331 e. The van der Waals surface area contributed by atoms with Crippen LogP contribution in [0.4, 0.5) is 14.6 Å². The van der Waals surface area contributed by atoms with Crippen molar-refractivity contribution >= 4 is 17.6 Å². The Kier molecular flexibility index (Phi) is 4.31. The van der Waals surface area contributed by atoms with Gasteiger partial charge in [-0.2, -0.15) is 8.78 Å². The molecule has 0 radical (unpaired) electrons. The van der Waals surface area contributed by atoms with Crippen LogP contribution in [0.25, 0.3) is 0 Å². The van der Waals surface area contributed by atoms with E-state index in [0.29, 0.717) is 17.9 Å². The van der Waals surface area contributed by atoms with Gasteiger partial charge in [0.2, 0.25) is 0 Å². The number of nitrogens with one attached hydrogen (secondary N) is 1. The fourth-order valence-corrected chi connectivity index (χ4v) is 3.94. The van der Waals surface area contributed by atoms with Crippen LogP contribution in [-0.4, -0.2) is 39.9 Å². The average Bonchev–Trinajstić information content (AvgIpc) is 3.42. The minimum Gasteiger partial charge on any atom is -0.431 e. The summed E-state index contributed by atoms with van der Waals surface area (Å²) in [6.45, 7) is 0. The third-order valence-corrected chi connectivity index (χ3v) is 5.67. The van der Waals surface area contributed by atoms with Crippen molar-refractivity contribution in [3.8, 4) is 0 Å². The molecule has 2 aromatic heterocycles. The minimum atomic E-state index is -3.45. The van der Waals surface area contributed by atoms with Gasteiger partial charge in [0.15, 0.2) is 11.6 Å². The van der Waals surface area contributed by atoms with Gasteiger partial charge < -0.3 is 9.73 Å². The number of anilines is 1. The third kappa shape index (κ3) is 3.15. The lowest BCUT2D eigenvalue weighted by Crippen LogP contribution is -2.48. The Balaban J connectivity index is 1.37. The molecule has 0 bridgehead atoms. The maximum atomic E-state index is 14.7. The highest BCUT2D eigenvalue weighted by molar-refractivity contribution is 6.02. The SMILES string of the molecule is CN1C(=O)[C@@H](NC(=O)c2ncc(C(F)(F)c3ccccc3)o2)[C@H]2C[C@H]2c2nccnc21. The van der Waals surface area contributed by atoms with E-state index in [4.69, 9.17) is 4.42 Å². The molecular weight excluding hydrogens is 408 g/mol. The van der Waals surface area contributed by atoms with Crippen molar-refractivity contribution in [3.05, 3.63) is 71.8 Å². The first kappa shape index (κ1) is 19.3. The first-order chi connectivity index (χ1) is 14.9. The van der Waals surface area contributed by atoms with Gasteiger partial charge in [-0.15, -0.1) is 0 Å². The summed E-state index contributed by atoms with van der Waals surface area (Å²) < 4.78 is 34.4. The van der Waals surface area contributed by atoms with Gasteiger partial charge in [0.1, 0.15) is 6.04 Å². The van der Waals surface area contributed by atoms with E-state index in [9.17, 15) is 18.4 Å². The largest absolute Gasteiger partial charge is 0.431 e. The highest BCUT2D eigenvalue weighted by atomic mass is 19.3. The third-order valence-electron chi connectivity index (χ3n) is 5.67. The summed E-state index contributed by atoms with van der Waals surface area (Å²) in [4.78, 5) is 39.2. The van der Waals surface area contributed by atoms with Gasteiger partial charge >= 0.3 is 11.8 Å². The van der Waals surface area contributed by atoms with E-state index in [1.165, 1.54) is 35.4 Å². The van der Waals surface area contributed by atoms with Gasteiger partial charge in [0, 0.05) is 30.9 Å².